The Bertz CT molecular complexity index is 1160. The summed E-state index contributed by atoms with van der Waals surface area (Å²) in [5.41, 5.74) is 5.40. The summed E-state index contributed by atoms with van der Waals surface area (Å²) < 4.78 is 23.2. The first-order valence-corrected chi connectivity index (χ1v) is 13.5. The fourth-order valence-corrected chi connectivity index (χ4v) is 4.85. The molecular weight excluding hydrogens is 468 g/mol. The first-order chi connectivity index (χ1) is 17.7. The van der Waals surface area contributed by atoms with Crippen LogP contribution < -0.4 is 14.2 Å². The molecule has 0 bridgehead atoms. The number of ether oxygens (including phenoxy) is 3. The fourth-order valence-electron chi connectivity index (χ4n) is 4.06. The van der Waals surface area contributed by atoms with Crippen LogP contribution in [0.4, 0.5) is 0 Å². The van der Waals surface area contributed by atoms with Crippen LogP contribution in [0, 0.1) is 0 Å². The molecule has 4 rings (SSSR count). The summed E-state index contributed by atoms with van der Waals surface area (Å²) in [5.74, 6) is 2.61. The van der Waals surface area contributed by atoms with Crippen LogP contribution in [-0.4, -0.2) is 19.8 Å². The lowest BCUT2D eigenvalue weighted by atomic mass is 9.91. The van der Waals surface area contributed by atoms with Gasteiger partial charge >= 0.3 is 0 Å². The molecule has 0 aliphatic carbocycles. The predicted octanol–water partition coefficient (Wildman–Crippen LogP) is 8.64. The van der Waals surface area contributed by atoms with E-state index in [1.165, 1.54) is 24.9 Å². The van der Waals surface area contributed by atoms with Gasteiger partial charge in [0, 0.05) is 11.1 Å². The van der Waals surface area contributed by atoms with Crippen molar-refractivity contribution >= 4 is 28.1 Å². The van der Waals surface area contributed by atoms with Crippen LogP contribution in [-0.2, 0) is 4.18 Å². The highest BCUT2D eigenvalue weighted by Gasteiger charge is 2.23. The molecule has 0 N–H and O–H groups in total. The lowest BCUT2D eigenvalue weighted by Crippen LogP contribution is -2.01. The Morgan fingerprint density at radius 1 is 0.611 bits per heavy atom. The van der Waals surface area contributed by atoms with E-state index in [1.807, 2.05) is 44.4 Å². The van der Waals surface area contributed by atoms with E-state index in [1.54, 1.807) is 0 Å². The van der Waals surface area contributed by atoms with E-state index in [0.717, 1.165) is 63.0 Å². The van der Waals surface area contributed by atoms with Gasteiger partial charge in [0.25, 0.3) is 0 Å². The average Bonchev–Trinajstić information content (AvgIpc) is 2.92. The number of benzene rings is 3. The summed E-state index contributed by atoms with van der Waals surface area (Å²) in [6, 6.07) is 24.7. The zero-order valence-corrected chi connectivity index (χ0v) is 22.1. The number of rotatable bonds is 12. The van der Waals surface area contributed by atoms with Crippen molar-refractivity contribution in [3.63, 3.8) is 0 Å². The third-order valence-corrected chi connectivity index (χ3v) is 6.66. The molecule has 0 aromatic heterocycles. The van der Waals surface area contributed by atoms with Crippen molar-refractivity contribution in [1.82, 2.24) is 0 Å². The Hall–Kier alpha value is -3.31. The Morgan fingerprint density at radius 2 is 1.14 bits per heavy atom. The fraction of sp³-hybridized carbons (Fsp3) is 0.290. The highest BCUT2D eigenvalue weighted by molar-refractivity contribution is 8.04. The Kier molecular flexibility index (Phi) is 9.40. The first-order valence-electron chi connectivity index (χ1n) is 12.7. The molecule has 4 nitrogen and oxygen atoms in total. The van der Waals surface area contributed by atoms with Crippen molar-refractivity contribution in [2.45, 2.75) is 40.0 Å². The Labute approximate surface area is 219 Å². The molecule has 0 unspecified atom stereocenters. The van der Waals surface area contributed by atoms with E-state index in [0.29, 0.717) is 13.2 Å². The first kappa shape index (κ1) is 25.8. The van der Waals surface area contributed by atoms with Crippen LogP contribution in [0.2, 0.25) is 0 Å². The van der Waals surface area contributed by atoms with Gasteiger partial charge in [0.1, 0.15) is 23.5 Å². The van der Waals surface area contributed by atoms with Crippen molar-refractivity contribution in [2.75, 3.05) is 19.8 Å². The molecular formula is C31H34O4S. The molecule has 5 heteroatoms. The van der Waals surface area contributed by atoms with Crippen LogP contribution >= 0.6 is 12.0 Å². The second kappa shape index (κ2) is 13.1. The zero-order valence-electron chi connectivity index (χ0n) is 21.3. The van der Waals surface area contributed by atoms with Crippen LogP contribution in [0.3, 0.4) is 0 Å². The highest BCUT2D eigenvalue weighted by atomic mass is 32.2. The van der Waals surface area contributed by atoms with E-state index in [4.69, 9.17) is 18.4 Å². The second-order valence-corrected chi connectivity index (χ2v) is 9.18. The molecule has 1 heterocycles. The maximum absolute atomic E-state index is 5.96. The van der Waals surface area contributed by atoms with Gasteiger partial charge in [-0.05, 0) is 73.4 Å². The third-order valence-electron chi connectivity index (χ3n) is 5.86. The average molecular weight is 503 g/mol. The smallest absolute Gasteiger partial charge is 0.119 e. The normalized spacial score (nSPS) is 13.1. The Balaban J connectivity index is 1.71. The lowest BCUT2D eigenvalue weighted by Gasteiger charge is -2.22. The maximum Gasteiger partial charge on any atom is 0.119 e. The molecule has 1 aliphatic rings. The van der Waals surface area contributed by atoms with E-state index in [-0.39, 0.29) is 0 Å². The van der Waals surface area contributed by atoms with E-state index in [2.05, 4.69) is 55.5 Å². The van der Waals surface area contributed by atoms with Crippen molar-refractivity contribution in [3.05, 3.63) is 95.7 Å². The quantitative estimate of drug-likeness (QED) is 0.183. The minimum atomic E-state index is 0.641. The van der Waals surface area contributed by atoms with Crippen LogP contribution in [0.15, 0.2) is 79.1 Å². The lowest BCUT2D eigenvalue weighted by molar-refractivity contribution is 0.306. The Morgan fingerprint density at radius 3 is 1.69 bits per heavy atom. The molecule has 0 fully saturated rings. The van der Waals surface area contributed by atoms with Gasteiger partial charge in [-0.2, -0.15) is 0 Å². The molecule has 0 saturated heterocycles. The van der Waals surface area contributed by atoms with Gasteiger partial charge in [-0.25, -0.2) is 0 Å². The molecule has 1 aliphatic heterocycles. The maximum atomic E-state index is 5.96. The minimum absolute atomic E-state index is 0.641. The largest absolute Gasteiger partial charge is 0.494 e. The molecule has 0 spiro atoms. The van der Waals surface area contributed by atoms with Crippen molar-refractivity contribution in [2.24, 2.45) is 0 Å². The number of unbranched alkanes of at least 4 members (excludes halogenated alkanes) is 2. The van der Waals surface area contributed by atoms with Gasteiger partial charge in [-0.1, -0.05) is 56.2 Å². The highest BCUT2D eigenvalue weighted by Crippen LogP contribution is 2.47. The number of allylic oxidation sites excluding steroid dienone is 2. The van der Waals surface area contributed by atoms with Gasteiger partial charge in [0.05, 0.1) is 36.8 Å². The van der Waals surface area contributed by atoms with Crippen molar-refractivity contribution in [1.29, 1.82) is 0 Å². The minimum Gasteiger partial charge on any atom is -0.494 e. The summed E-state index contributed by atoms with van der Waals surface area (Å²) in [4.78, 5) is 1.06. The molecule has 0 amide bonds. The monoisotopic (exact) mass is 502 g/mol. The van der Waals surface area contributed by atoms with Crippen LogP contribution in [0.1, 0.15) is 56.7 Å². The van der Waals surface area contributed by atoms with Gasteiger partial charge in [-0.3, -0.25) is 0 Å². The molecule has 188 valence electrons. The molecule has 3 aromatic rings. The summed E-state index contributed by atoms with van der Waals surface area (Å²) in [6.45, 7) is 8.21. The molecule has 0 radical (unpaired) electrons. The van der Waals surface area contributed by atoms with Crippen LogP contribution in [0.25, 0.3) is 16.1 Å². The summed E-state index contributed by atoms with van der Waals surface area (Å²) in [5, 5.41) is 0. The molecule has 0 atom stereocenters. The standard InChI is InChI=1S/C31H34O4S/c1-4-7-8-21-34-28-17-11-24(12-18-28)30-29(23-9-15-26(16-10-23)32-5-2)22-35-36-31(30)25-13-19-27(20-14-25)33-6-3/h9-20,22H,4-8,21H2,1-3H3. The van der Waals surface area contributed by atoms with Gasteiger partial charge < -0.3 is 18.4 Å². The SMILES string of the molecule is CCCCCOc1ccc(C2=C(c3ccc(OCC)cc3)SOC=C2c2ccc(OCC)cc2)cc1. The zero-order chi connectivity index (χ0) is 25.2. The van der Waals surface area contributed by atoms with Gasteiger partial charge in [-0.15, -0.1) is 0 Å². The summed E-state index contributed by atoms with van der Waals surface area (Å²) in [7, 11) is 0. The number of hydrogen-bond acceptors (Lipinski definition) is 5. The van der Waals surface area contributed by atoms with E-state index >= 15 is 0 Å². The molecule has 3 aromatic carbocycles. The third kappa shape index (κ3) is 6.46. The molecule has 0 saturated carbocycles. The van der Waals surface area contributed by atoms with Gasteiger partial charge in [0.2, 0.25) is 0 Å². The van der Waals surface area contributed by atoms with Gasteiger partial charge in [0.15, 0.2) is 0 Å². The van der Waals surface area contributed by atoms with Crippen molar-refractivity contribution < 1.29 is 18.4 Å². The van der Waals surface area contributed by atoms with Crippen LogP contribution in [0.5, 0.6) is 17.2 Å². The topological polar surface area (TPSA) is 36.9 Å². The predicted molar refractivity (Wildman–Crippen MR) is 150 cm³/mol. The summed E-state index contributed by atoms with van der Waals surface area (Å²) >= 11 is 1.38. The molecule has 36 heavy (non-hydrogen) atoms. The number of hydrogen-bond donors (Lipinski definition) is 0. The van der Waals surface area contributed by atoms with Crippen molar-refractivity contribution in [3.8, 4) is 17.2 Å². The summed E-state index contributed by atoms with van der Waals surface area (Å²) in [6.07, 6.45) is 5.28. The van der Waals surface area contributed by atoms with E-state index in [9.17, 15) is 0 Å². The second-order valence-electron chi connectivity index (χ2n) is 8.41. The van der Waals surface area contributed by atoms with E-state index < -0.39 is 0 Å².